The fourth-order valence-electron chi connectivity index (χ4n) is 4.21. The molecule has 28 heavy (non-hydrogen) atoms. The molecule has 2 aliphatic heterocycles. The minimum Gasteiger partial charge on any atom is -0.384 e. The van der Waals surface area contributed by atoms with Gasteiger partial charge in [0.1, 0.15) is 5.60 Å². The van der Waals surface area contributed by atoms with Crippen LogP contribution in [0, 0.1) is 0 Å². The largest absolute Gasteiger partial charge is 0.384 e. The van der Waals surface area contributed by atoms with Crippen molar-refractivity contribution in [3.8, 4) is 0 Å². The van der Waals surface area contributed by atoms with Crippen LogP contribution in [0.1, 0.15) is 53.4 Å². The predicted octanol–water partition coefficient (Wildman–Crippen LogP) is 3.58. The highest BCUT2D eigenvalue weighted by Gasteiger charge is 2.37. The Labute approximate surface area is 169 Å². The summed E-state index contributed by atoms with van der Waals surface area (Å²) < 4.78 is 0. The molecule has 2 aliphatic rings. The number of nitrogens with one attached hydrogen (secondary N) is 1. The molecule has 0 radical (unpaired) electrons. The second-order valence-electron chi connectivity index (χ2n) is 7.86. The normalized spacial score (nSPS) is 20.7. The maximum atomic E-state index is 13.1. The highest BCUT2D eigenvalue weighted by Crippen LogP contribution is 2.36. The quantitative estimate of drug-likeness (QED) is 0.773. The van der Waals surface area contributed by atoms with E-state index >= 15 is 0 Å². The zero-order valence-electron chi connectivity index (χ0n) is 16.1. The molecule has 1 aromatic heterocycles. The molecular weight excluding hydrogens is 372 g/mol. The van der Waals surface area contributed by atoms with Crippen molar-refractivity contribution in [2.24, 2.45) is 0 Å². The van der Waals surface area contributed by atoms with Crippen LogP contribution < -0.4 is 5.32 Å². The molecule has 1 amide bonds. The van der Waals surface area contributed by atoms with E-state index in [0.717, 1.165) is 29.0 Å². The molecule has 3 heterocycles. The van der Waals surface area contributed by atoms with E-state index in [1.54, 1.807) is 11.3 Å². The number of amides is 1. The van der Waals surface area contributed by atoms with E-state index in [1.165, 1.54) is 0 Å². The molecule has 4 rings (SSSR count). The lowest BCUT2D eigenvalue weighted by Gasteiger charge is -2.40. The zero-order chi connectivity index (χ0) is 19.7. The van der Waals surface area contributed by atoms with Gasteiger partial charge in [-0.25, -0.2) is 0 Å². The van der Waals surface area contributed by atoms with Gasteiger partial charge in [0.15, 0.2) is 5.78 Å². The van der Waals surface area contributed by atoms with E-state index in [-0.39, 0.29) is 17.7 Å². The molecule has 0 spiro atoms. The number of rotatable bonds is 4. The maximum absolute atomic E-state index is 13.1. The SMILES string of the molecule is CC(C(=O)c1ccc2c(c1)CCCC(=O)N2)N1CCC(O)(c2cccs2)CC1. The minimum atomic E-state index is -0.768. The predicted molar refractivity (Wildman–Crippen MR) is 111 cm³/mol. The molecule has 1 fully saturated rings. The summed E-state index contributed by atoms with van der Waals surface area (Å²) in [7, 11) is 0. The summed E-state index contributed by atoms with van der Waals surface area (Å²) in [4.78, 5) is 28.0. The fraction of sp³-hybridized carbons (Fsp3) is 0.455. The molecule has 5 nitrogen and oxygen atoms in total. The third kappa shape index (κ3) is 3.77. The molecule has 1 aromatic carbocycles. The van der Waals surface area contributed by atoms with Crippen molar-refractivity contribution in [3.05, 3.63) is 51.7 Å². The average molecular weight is 399 g/mol. The van der Waals surface area contributed by atoms with Crippen LogP contribution in [0.3, 0.4) is 0 Å². The van der Waals surface area contributed by atoms with Gasteiger partial charge in [-0.15, -0.1) is 11.3 Å². The molecule has 6 heteroatoms. The number of aliphatic hydroxyl groups is 1. The van der Waals surface area contributed by atoms with E-state index < -0.39 is 5.60 Å². The van der Waals surface area contributed by atoms with Crippen LogP contribution in [0.15, 0.2) is 35.7 Å². The van der Waals surface area contributed by atoms with E-state index in [2.05, 4.69) is 10.2 Å². The second kappa shape index (κ2) is 7.78. The molecule has 1 unspecified atom stereocenters. The second-order valence-corrected chi connectivity index (χ2v) is 8.81. The number of anilines is 1. The lowest BCUT2D eigenvalue weighted by Crippen LogP contribution is -2.48. The van der Waals surface area contributed by atoms with Crippen LogP contribution in [0.25, 0.3) is 0 Å². The Morgan fingerprint density at radius 3 is 2.75 bits per heavy atom. The van der Waals surface area contributed by atoms with Crippen LogP contribution >= 0.6 is 11.3 Å². The molecule has 0 saturated carbocycles. The molecule has 0 bridgehead atoms. The van der Waals surface area contributed by atoms with Gasteiger partial charge in [-0.05, 0) is 67.8 Å². The van der Waals surface area contributed by atoms with Gasteiger partial charge in [0.25, 0.3) is 0 Å². The Balaban J connectivity index is 1.44. The number of thiophene rings is 1. The standard InChI is InChI=1S/C22H26N2O3S/c1-15(24-11-9-22(27,10-12-24)19-5-3-13-28-19)21(26)17-7-8-18-16(14-17)4-2-6-20(25)23-18/h3,5,7-8,13-15,27H,2,4,6,9-12H2,1H3,(H,23,25). The first-order valence-electron chi connectivity index (χ1n) is 9.94. The number of likely N-dealkylation sites (tertiary alicyclic amines) is 1. The molecule has 0 aliphatic carbocycles. The molecule has 2 N–H and O–H groups in total. The first-order valence-corrected chi connectivity index (χ1v) is 10.8. The van der Waals surface area contributed by atoms with Crippen molar-refractivity contribution in [2.75, 3.05) is 18.4 Å². The topological polar surface area (TPSA) is 69.6 Å². The van der Waals surface area contributed by atoms with Gasteiger partial charge in [0, 0.05) is 35.6 Å². The lowest BCUT2D eigenvalue weighted by molar-refractivity contribution is -0.116. The van der Waals surface area contributed by atoms with Crippen molar-refractivity contribution in [1.29, 1.82) is 0 Å². The zero-order valence-corrected chi connectivity index (χ0v) is 16.9. The number of fused-ring (bicyclic) bond motifs is 1. The number of carbonyl (C=O) groups is 2. The number of ketones is 1. The summed E-state index contributed by atoms with van der Waals surface area (Å²) in [6.07, 6.45) is 3.42. The molecule has 1 saturated heterocycles. The first kappa shape index (κ1) is 19.3. The Hall–Kier alpha value is -2.02. The van der Waals surface area contributed by atoms with Gasteiger partial charge in [-0.1, -0.05) is 6.07 Å². The van der Waals surface area contributed by atoms with Gasteiger partial charge in [-0.2, -0.15) is 0 Å². The highest BCUT2D eigenvalue weighted by molar-refractivity contribution is 7.10. The van der Waals surface area contributed by atoms with Crippen molar-refractivity contribution >= 4 is 28.7 Å². The van der Waals surface area contributed by atoms with Gasteiger partial charge in [-0.3, -0.25) is 14.5 Å². The summed E-state index contributed by atoms with van der Waals surface area (Å²) in [6.45, 7) is 3.34. The number of benzene rings is 1. The van der Waals surface area contributed by atoms with E-state index in [1.807, 2.05) is 42.6 Å². The van der Waals surface area contributed by atoms with Crippen molar-refractivity contribution < 1.29 is 14.7 Å². The highest BCUT2D eigenvalue weighted by atomic mass is 32.1. The van der Waals surface area contributed by atoms with Crippen LogP contribution in [-0.2, 0) is 16.8 Å². The Morgan fingerprint density at radius 2 is 2.04 bits per heavy atom. The van der Waals surface area contributed by atoms with Gasteiger partial charge in [0.05, 0.1) is 6.04 Å². The number of carbonyl (C=O) groups excluding carboxylic acids is 2. The first-order chi connectivity index (χ1) is 13.5. The van der Waals surface area contributed by atoms with Crippen LogP contribution in [0.2, 0.25) is 0 Å². The smallest absolute Gasteiger partial charge is 0.224 e. The van der Waals surface area contributed by atoms with Gasteiger partial charge < -0.3 is 10.4 Å². The molecule has 2 aromatic rings. The molecule has 148 valence electrons. The average Bonchev–Trinajstić information content (AvgIpc) is 3.18. The molecular formula is C22H26N2O3S. The van der Waals surface area contributed by atoms with Crippen LogP contribution in [0.5, 0.6) is 0 Å². The number of hydrogen-bond donors (Lipinski definition) is 2. The minimum absolute atomic E-state index is 0.0396. The summed E-state index contributed by atoms with van der Waals surface area (Å²) in [6, 6.07) is 9.33. The Morgan fingerprint density at radius 1 is 1.25 bits per heavy atom. The van der Waals surface area contributed by atoms with E-state index in [4.69, 9.17) is 0 Å². The number of piperidine rings is 1. The maximum Gasteiger partial charge on any atom is 0.224 e. The summed E-state index contributed by atoms with van der Waals surface area (Å²) in [5, 5.41) is 15.8. The number of nitrogens with zero attached hydrogens (tertiary/aromatic N) is 1. The van der Waals surface area contributed by atoms with Crippen molar-refractivity contribution in [2.45, 2.75) is 50.7 Å². The number of aryl methyl sites for hydroxylation is 1. The van der Waals surface area contributed by atoms with E-state index in [9.17, 15) is 14.7 Å². The van der Waals surface area contributed by atoms with Gasteiger partial charge in [0.2, 0.25) is 5.91 Å². The Kier molecular flexibility index (Phi) is 5.36. The van der Waals surface area contributed by atoms with Gasteiger partial charge >= 0.3 is 0 Å². The van der Waals surface area contributed by atoms with E-state index in [0.29, 0.717) is 37.9 Å². The fourth-order valence-corrected chi connectivity index (χ4v) is 5.09. The number of Topliss-reactive ketones (excluding diaryl/α,β-unsaturated/α-hetero) is 1. The lowest BCUT2D eigenvalue weighted by atomic mass is 9.88. The third-order valence-electron chi connectivity index (χ3n) is 6.05. The monoisotopic (exact) mass is 398 g/mol. The Bertz CT molecular complexity index is 870. The van der Waals surface area contributed by atoms with Crippen LogP contribution in [0.4, 0.5) is 5.69 Å². The van der Waals surface area contributed by atoms with Crippen molar-refractivity contribution in [1.82, 2.24) is 4.90 Å². The van der Waals surface area contributed by atoms with Crippen LogP contribution in [-0.4, -0.2) is 40.8 Å². The summed E-state index contributed by atoms with van der Waals surface area (Å²) in [5.74, 6) is 0.137. The number of hydrogen-bond acceptors (Lipinski definition) is 5. The molecule has 1 atom stereocenters. The van der Waals surface area contributed by atoms with Crippen molar-refractivity contribution in [3.63, 3.8) is 0 Å². The summed E-state index contributed by atoms with van der Waals surface area (Å²) in [5.41, 5.74) is 1.79. The third-order valence-corrected chi connectivity index (χ3v) is 7.11. The summed E-state index contributed by atoms with van der Waals surface area (Å²) >= 11 is 1.59.